The number of aryl methyl sites for hydroxylation is 1. The summed E-state index contributed by atoms with van der Waals surface area (Å²) >= 11 is 0. The maximum atomic E-state index is 12.8. The van der Waals surface area contributed by atoms with Crippen molar-refractivity contribution in [3.8, 4) is 11.5 Å². The minimum atomic E-state index is -0.0954. The number of nitrogens with one attached hydrogen (secondary N) is 2. The van der Waals surface area contributed by atoms with Crippen LogP contribution in [0, 0.1) is 6.92 Å². The number of likely N-dealkylation sites (N-methyl/N-ethyl adjacent to an activating group) is 1. The highest BCUT2D eigenvalue weighted by atomic mass is 16.5. The normalized spacial score (nSPS) is 14.1. The molecule has 0 unspecified atom stereocenters. The molecule has 10 nitrogen and oxygen atoms in total. The minimum absolute atomic E-state index is 0.0954. The molecular formula is C28H28N8O2. The third kappa shape index (κ3) is 4.94. The summed E-state index contributed by atoms with van der Waals surface area (Å²) in [5.41, 5.74) is 4.15. The first-order valence-electron chi connectivity index (χ1n) is 12.5. The summed E-state index contributed by atoms with van der Waals surface area (Å²) in [6.07, 6.45) is 7.10. The summed E-state index contributed by atoms with van der Waals surface area (Å²) in [7, 11) is 2.07. The fraction of sp³-hybridized carbons (Fsp3) is 0.214. The first-order chi connectivity index (χ1) is 18.5. The zero-order valence-electron chi connectivity index (χ0n) is 21.3. The molecule has 1 aliphatic rings. The highest BCUT2D eigenvalue weighted by molar-refractivity contribution is 5.96. The van der Waals surface area contributed by atoms with Crippen molar-refractivity contribution in [2.24, 2.45) is 0 Å². The lowest BCUT2D eigenvalue weighted by atomic mass is 10.1. The third-order valence-electron chi connectivity index (χ3n) is 6.71. The first-order valence-corrected chi connectivity index (χ1v) is 12.5. The van der Waals surface area contributed by atoms with Crippen molar-refractivity contribution in [2.45, 2.75) is 6.92 Å². The van der Waals surface area contributed by atoms with Crippen molar-refractivity contribution in [2.75, 3.05) is 43.9 Å². The van der Waals surface area contributed by atoms with Gasteiger partial charge in [0, 0.05) is 67.6 Å². The standard InChI is InChI=1S/C28H28N8O2/c1-19-15-20(4-6-25(19)38-22-7-9-35-10-8-29-26(35)17-22)32-27-23-16-21(3-5-24(23)30-18-31-27)33-28(37)36-13-11-34(2)12-14-36/h3-10,15-18H,11-14H2,1-2H3,(H,33,37)(H,30,31,32). The van der Waals surface area contributed by atoms with Crippen LogP contribution in [0.2, 0.25) is 0 Å². The number of hydrogen-bond donors (Lipinski definition) is 2. The molecule has 2 N–H and O–H groups in total. The van der Waals surface area contributed by atoms with Gasteiger partial charge >= 0.3 is 6.03 Å². The van der Waals surface area contributed by atoms with Gasteiger partial charge in [0.25, 0.3) is 0 Å². The van der Waals surface area contributed by atoms with Crippen LogP contribution in [0.4, 0.5) is 22.0 Å². The van der Waals surface area contributed by atoms with E-state index in [9.17, 15) is 4.79 Å². The van der Waals surface area contributed by atoms with E-state index in [0.717, 1.165) is 52.4 Å². The number of fused-ring (bicyclic) bond motifs is 2. The molecule has 4 heterocycles. The van der Waals surface area contributed by atoms with Gasteiger partial charge in [-0.15, -0.1) is 0 Å². The lowest BCUT2D eigenvalue weighted by Crippen LogP contribution is -2.48. The zero-order valence-corrected chi connectivity index (χ0v) is 21.3. The monoisotopic (exact) mass is 508 g/mol. The smallest absolute Gasteiger partial charge is 0.321 e. The van der Waals surface area contributed by atoms with Gasteiger partial charge in [-0.05, 0) is 62.0 Å². The molecule has 2 amide bonds. The molecule has 5 aromatic rings. The van der Waals surface area contributed by atoms with Gasteiger partial charge in [0.15, 0.2) is 0 Å². The molecule has 0 atom stereocenters. The number of carbonyl (C=O) groups is 1. The number of pyridine rings is 1. The van der Waals surface area contributed by atoms with Gasteiger partial charge in [0.1, 0.15) is 29.3 Å². The van der Waals surface area contributed by atoms with E-state index in [2.05, 4.69) is 37.5 Å². The van der Waals surface area contributed by atoms with E-state index in [1.165, 1.54) is 6.33 Å². The van der Waals surface area contributed by atoms with Crippen LogP contribution in [0.3, 0.4) is 0 Å². The van der Waals surface area contributed by atoms with Crippen LogP contribution >= 0.6 is 0 Å². The van der Waals surface area contributed by atoms with Crippen LogP contribution in [0.15, 0.2) is 73.4 Å². The SMILES string of the molecule is Cc1cc(Nc2ncnc3ccc(NC(=O)N4CCN(C)CC4)cc23)ccc1Oc1ccn2ccnc2c1. The van der Waals surface area contributed by atoms with Crippen molar-refractivity contribution in [1.82, 2.24) is 29.2 Å². The minimum Gasteiger partial charge on any atom is -0.457 e. The Balaban J connectivity index is 1.19. The molecule has 0 radical (unpaired) electrons. The lowest BCUT2D eigenvalue weighted by molar-refractivity contribution is 0.164. The number of piperazine rings is 1. The predicted molar refractivity (Wildman–Crippen MR) is 147 cm³/mol. The summed E-state index contributed by atoms with van der Waals surface area (Å²) in [5.74, 6) is 2.14. The van der Waals surface area contributed by atoms with Crippen molar-refractivity contribution in [3.63, 3.8) is 0 Å². The fourth-order valence-electron chi connectivity index (χ4n) is 4.51. The first kappa shape index (κ1) is 23.7. The Morgan fingerprint density at radius 3 is 2.61 bits per heavy atom. The topological polar surface area (TPSA) is 99.9 Å². The summed E-state index contributed by atoms with van der Waals surface area (Å²) in [4.78, 5) is 30.0. The number of anilines is 3. The van der Waals surface area contributed by atoms with Crippen molar-refractivity contribution in [3.05, 3.63) is 79.0 Å². The molecular weight excluding hydrogens is 480 g/mol. The van der Waals surface area contributed by atoms with Gasteiger partial charge in [0.05, 0.1) is 5.52 Å². The molecule has 1 aliphatic heterocycles. The number of rotatable bonds is 5. The van der Waals surface area contributed by atoms with E-state index in [4.69, 9.17) is 4.74 Å². The number of nitrogens with zero attached hydrogens (tertiary/aromatic N) is 6. The highest BCUT2D eigenvalue weighted by Gasteiger charge is 2.19. The van der Waals surface area contributed by atoms with Crippen LogP contribution in [0.5, 0.6) is 11.5 Å². The van der Waals surface area contributed by atoms with E-state index < -0.39 is 0 Å². The zero-order chi connectivity index (χ0) is 26.1. The molecule has 2 aromatic carbocycles. The number of hydrogen-bond acceptors (Lipinski definition) is 7. The van der Waals surface area contributed by atoms with Gasteiger partial charge in [0.2, 0.25) is 0 Å². The second kappa shape index (κ2) is 9.98. The quantitative estimate of drug-likeness (QED) is 0.348. The van der Waals surface area contributed by atoms with E-state index >= 15 is 0 Å². The number of amides is 2. The molecule has 0 aliphatic carbocycles. The largest absolute Gasteiger partial charge is 0.457 e. The average Bonchev–Trinajstić information content (AvgIpc) is 3.39. The Morgan fingerprint density at radius 1 is 0.921 bits per heavy atom. The van der Waals surface area contributed by atoms with E-state index in [1.54, 1.807) is 6.20 Å². The van der Waals surface area contributed by atoms with E-state index in [0.29, 0.717) is 24.6 Å². The molecule has 0 bridgehead atoms. The summed E-state index contributed by atoms with van der Waals surface area (Å²) in [6, 6.07) is 15.3. The number of ether oxygens (including phenoxy) is 1. The lowest BCUT2D eigenvalue weighted by Gasteiger charge is -2.32. The Hall–Kier alpha value is -4.70. The van der Waals surface area contributed by atoms with Crippen molar-refractivity contribution < 1.29 is 9.53 Å². The van der Waals surface area contributed by atoms with Gasteiger partial charge in [-0.3, -0.25) is 0 Å². The molecule has 3 aromatic heterocycles. The van der Waals surface area contributed by atoms with Gasteiger partial charge < -0.3 is 29.6 Å². The molecule has 38 heavy (non-hydrogen) atoms. The van der Waals surface area contributed by atoms with E-state index in [1.807, 2.05) is 77.1 Å². The van der Waals surface area contributed by atoms with Crippen LogP contribution in [0.1, 0.15) is 5.56 Å². The summed E-state index contributed by atoms with van der Waals surface area (Å²) in [6.45, 7) is 5.16. The predicted octanol–water partition coefficient (Wildman–Crippen LogP) is 4.90. The van der Waals surface area contributed by atoms with Gasteiger partial charge in [-0.25, -0.2) is 19.7 Å². The number of benzene rings is 2. The van der Waals surface area contributed by atoms with Crippen LogP contribution in [0.25, 0.3) is 16.6 Å². The number of imidazole rings is 1. The summed E-state index contributed by atoms with van der Waals surface area (Å²) < 4.78 is 8.05. The molecule has 10 heteroatoms. The van der Waals surface area contributed by atoms with Gasteiger partial charge in [-0.2, -0.15) is 0 Å². The number of aromatic nitrogens is 4. The Labute approximate surface area is 219 Å². The summed E-state index contributed by atoms with van der Waals surface area (Å²) in [5, 5.41) is 7.24. The molecule has 0 saturated carbocycles. The maximum absolute atomic E-state index is 12.8. The highest BCUT2D eigenvalue weighted by Crippen LogP contribution is 2.31. The van der Waals surface area contributed by atoms with Gasteiger partial charge in [-0.1, -0.05) is 0 Å². The number of urea groups is 1. The number of carbonyl (C=O) groups excluding carboxylic acids is 1. The Kier molecular flexibility index (Phi) is 6.22. The van der Waals surface area contributed by atoms with Crippen molar-refractivity contribution in [1.29, 1.82) is 0 Å². The van der Waals surface area contributed by atoms with Crippen LogP contribution in [-0.4, -0.2) is 68.4 Å². The van der Waals surface area contributed by atoms with Crippen molar-refractivity contribution >= 4 is 39.8 Å². The van der Waals surface area contributed by atoms with E-state index in [-0.39, 0.29) is 6.03 Å². The third-order valence-corrected chi connectivity index (χ3v) is 6.71. The Bertz CT molecular complexity index is 1620. The molecule has 0 spiro atoms. The molecule has 1 saturated heterocycles. The van der Waals surface area contributed by atoms with Crippen LogP contribution in [-0.2, 0) is 0 Å². The van der Waals surface area contributed by atoms with Crippen LogP contribution < -0.4 is 15.4 Å². The second-order valence-corrected chi connectivity index (χ2v) is 9.44. The average molecular weight is 509 g/mol. The Morgan fingerprint density at radius 2 is 1.76 bits per heavy atom. The molecule has 6 rings (SSSR count). The molecule has 192 valence electrons. The maximum Gasteiger partial charge on any atom is 0.321 e. The second-order valence-electron chi connectivity index (χ2n) is 9.44. The molecule has 1 fully saturated rings. The fourth-order valence-corrected chi connectivity index (χ4v) is 4.51.